The van der Waals surface area contributed by atoms with Crippen molar-refractivity contribution < 1.29 is 30.9 Å². The maximum absolute atomic E-state index is 12.8. The second-order valence-corrected chi connectivity index (χ2v) is 6.73. The van der Waals surface area contributed by atoms with Gasteiger partial charge in [-0.3, -0.25) is 0 Å². The Labute approximate surface area is 116 Å². The van der Waals surface area contributed by atoms with E-state index in [9.17, 15) is 12.0 Å². The lowest BCUT2D eigenvalue weighted by Crippen LogP contribution is -2.58. The maximum atomic E-state index is 12.8. The van der Waals surface area contributed by atoms with Crippen molar-refractivity contribution in [2.75, 3.05) is 6.61 Å². The predicted octanol–water partition coefficient (Wildman–Crippen LogP) is 1.65. The molecular formula is C11H17F2NO5S. The second kappa shape index (κ2) is 4.33. The average molecular weight is 313 g/mol. The molecule has 6 nitrogen and oxygen atoms in total. The highest BCUT2D eigenvalue weighted by atomic mass is 32.3. The SMILES string of the molecule is CC[C@@]12COC(O1)C(N=S(=O)(F)F)[C@H]1OC(C)(C)O[C@H]12. The Kier molecular flexibility index (Phi) is 3.15. The van der Waals surface area contributed by atoms with Crippen molar-refractivity contribution in [1.82, 2.24) is 0 Å². The van der Waals surface area contributed by atoms with Gasteiger partial charge in [0.15, 0.2) is 12.1 Å². The van der Waals surface area contributed by atoms with Gasteiger partial charge in [0.1, 0.15) is 23.9 Å². The molecule has 0 aromatic rings. The Morgan fingerprint density at radius 3 is 2.60 bits per heavy atom. The fraction of sp³-hybridized carbons (Fsp3) is 1.00. The first-order valence-corrected chi connectivity index (χ1v) is 7.78. The number of rotatable bonds is 2. The largest absolute Gasteiger partial charge is 0.367 e. The van der Waals surface area contributed by atoms with E-state index in [0.29, 0.717) is 6.42 Å². The van der Waals surface area contributed by atoms with Crippen molar-refractivity contribution in [2.45, 2.75) is 63.1 Å². The van der Waals surface area contributed by atoms with Gasteiger partial charge in [0.25, 0.3) is 0 Å². The van der Waals surface area contributed by atoms with E-state index >= 15 is 0 Å². The quantitative estimate of drug-likeness (QED) is 0.725. The van der Waals surface area contributed by atoms with Gasteiger partial charge in [-0.25, -0.2) is 0 Å². The summed E-state index contributed by atoms with van der Waals surface area (Å²) in [7, 11) is -5.27. The van der Waals surface area contributed by atoms with Crippen molar-refractivity contribution in [3.8, 4) is 0 Å². The summed E-state index contributed by atoms with van der Waals surface area (Å²) in [5, 5.41) is 0. The van der Waals surface area contributed by atoms with Crippen LogP contribution < -0.4 is 0 Å². The van der Waals surface area contributed by atoms with Crippen molar-refractivity contribution in [3.63, 3.8) is 0 Å². The van der Waals surface area contributed by atoms with Gasteiger partial charge in [-0.2, -0.15) is 8.57 Å². The van der Waals surface area contributed by atoms with Crippen LogP contribution in [0.25, 0.3) is 0 Å². The van der Waals surface area contributed by atoms with Crippen LogP contribution in [-0.4, -0.2) is 46.7 Å². The summed E-state index contributed by atoms with van der Waals surface area (Å²) in [6.45, 7) is 5.52. The first kappa shape index (κ1) is 14.6. The van der Waals surface area contributed by atoms with Gasteiger partial charge in [0.2, 0.25) is 0 Å². The molecule has 0 aliphatic carbocycles. The number of fused-ring (bicyclic) bond motifs is 4. The molecule has 0 saturated carbocycles. The normalized spacial score (nSPS) is 46.2. The molecule has 0 amide bonds. The summed E-state index contributed by atoms with van der Waals surface area (Å²) in [6.07, 6.45) is -1.70. The number of ether oxygens (including phenoxy) is 4. The van der Waals surface area contributed by atoms with Gasteiger partial charge in [0, 0.05) is 0 Å². The van der Waals surface area contributed by atoms with Crippen LogP contribution >= 0.6 is 0 Å². The minimum atomic E-state index is -5.27. The molecule has 116 valence electrons. The minimum Gasteiger partial charge on any atom is -0.347 e. The molecule has 3 fully saturated rings. The van der Waals surface area contributed by atoms with Crippen LogP contribution in [0.4, 0.5) is 7.77 Å². The molecule has 2 bridgehead atoms. The molecule has 3 rings (SSSR count). The highest BCUT2D eigenvalue weighted by molar-refractivity contribution is 7.83. The fourth-order valence-corrected chi connectivity index (χ4v) is 3.58. The monoisotopic (exact) mass is 313 g/mol. The first-order valence-electron chi connectivity index (χ1n) is 6.46. The summed E-state index contributed by atoms with van der Waals surface area (Å²) >= 11 is 0. The molecule has 0 spiro atoms. The van der Waals surface area contributed by atoms with Gasteiger partial charge in [-0.15, -0.1) is 0 Å². The van der Waals surface area contributed by atoms with Gasteiger partial charge < -0.3 is 18.9 Å². The van der Waals surface area contributed by atoms with E-state index in [0.717, 1.165) is 0 Å². The number of hydrogen-bond acceptors (Lipinski definition) is 6. The van der Waals surface area contributed by atoms with E-state index in [4.69, 9.17) is 18.9 Å². The van der Waals surface area contributed by atoms with E-state index in [1.165, 1.54) is 0 Å². The standard InChI is InChI=1S/C11H17F2NO5S/c1-4-11-5-16-9(19-11)6(14-20(12,13)15)7-8(11)18-10(2,3)17-7/h6-9H,4-5H2,1-3H3/t6?,7-,8-,9?,11+/m1/s1. The van der Waals surface area contributed by atoms with Crippen LogP contribution in [0.1, 0.15) is 27.2 Å². The summed E-state index contributed by atoms with van der Waals surface area (Å²) in [4.78, 5) is 0. The van der Waals surface area contributed by atoms with Crippen LogP contribution in [0.3, 0.4) is 0 Å². The fourth-order valence-electron chi connectivity index (χ4n) is 3.08. The zero-order valence-corrected chi connectivity index (χ0v) is 12.2. The Morgan fingerprint density at radius 2 is 2.00 bits per heavy atom. The first-order chi connectivity index (χ1) is 9.16. The molecule has 0 radical (unpaired) electrons. The smallest absolute Gasteiger partial charge is 0.347 e. The summed E-state index contributed by atoms with van der Waals surface area (Å²) < 4.78 is 62.0. The van der Waals surface area contributed by atoms with Crippen molar-refractivity contribution in [3.05, 3.63) is 0 Å². The predicted molar refractivity (Wildman–Crippen MR) is 64.2 cm³/mol. The molecule has 0 N–H and O–H groups in total. The molecule has 3 saturated heterocycles. The molecular weight excluding hydrogens is 296 g/mol. The maximum Gasteiger partial charge on any atom is 0.367 e. The molecule has 2 unspecified atom stereocenters. The second-order valence-electron chi connectivity index (χ2n) is 5.73. The third-order valence-electron chi connectivity index (χ3n) is 3.95. The third-order valence-corrected chi connectivity index (χ3v) is 4.44. The Bertz CT molecular complexity index is 527. The molecule has 9 heteroatoms. The molecule has 20 heavy (non-hydrogen) atoms. The Hall–Kier alpha value is -0.350. The van der Waals surface area contributed by atoms with Crippen molar-refractivity contribution in [2.24, 2.45) is 4.36 Å². The molecule has 3 aliphatic heterocycles. The van der Waals surface area contributed by atoms with Crippen LogP contribution in [-0.2, 0) is 29.4 Å². The zero-order valence-electron chi connectivity index (χ0n) is 11.4. The number of nitrogens with zero attached hydrogens (tertiary/aromatic N) is 1. The molecule has 5 atom stereocenters. The van der Waals surface area contributed by atoms with Crippen LogP contribution in [0.15, 0.2) is 4.36 Å². The summed E-state index contributed by atoms with van der Waals surface area (Å²) in [5.41, 5.74) is -0.720. The minimum absolute atomic E-state index is 0.223. The van der Waals surface area contributed by atoms with E-state index in [-0.39, 0.29) is 6.61 Å². The van der Waals surface area contributed by atoms with Crippen LogP contribution in [0.2, 0.25) is 0 Å². The molecule has 3 heterocycles. The zero-order chi connectivity index (χ0) is 14.8. The van der Waals surface area contributed by atoms with Crippen molar-refractivity contribution >= 4 is 10.5 Å². The average Bonchev–Trinajstić information content (AvgIpc) is 2.84. The summed E-state index contributed by atoms with van der Waals surface area (Å²) in [6, 6.07) is -1.16. The van der Waals surface area contributed by atoms with Gasteiger partial charge in [0.05, 0.1) is 6.61 Å². The van der Waals surface area contributed by atoms with Crippen molar-refractivity contribution in [1.29, 1.82) is 0 Å². The lowest BCUT2D eigenvalue weighted by Gasteiger charge is -2.40. The Morgan fingerprint density at radius 1 is 1.30 bits per heavy atom. The van der Waals surface area contributed by atoms with E-state index in [1.807, 2.05) is 6.92 Å². The lowest BCUT2D eigenvalue weighted by atomic mass is 9.86. The van der Waals surface area contributed by atoms with Gasteiger partial charge in [-0.1, -0.05) is 14.7 Å². The Balaban J connectivity index is 2.02. The molecule has 0 aromatic carbocycles. The van der Waals surface area contributed by atoms with Crippen LogP contribution in [0.5, 0.6) is 0 Å². The van der Waals surface area contributed by atoms with Gasteiger partial charge >= 0.3 is 10.5 Å². The third kappa shape index (κ3) is 2.25. The van der Waals surface area contributed by atoms with E-state index < -0.39 is 46.4 Å². The van der Waals surface area contributed by atoms with Gasteiger partial charge in [-0.05, 0) is 20.3 Å². The highest BCUT2D eigenvalue weighted by Crippen LogP contribution is 2.48. The highest BCUT2D eigenvalue weighted by Gasteiger charge is 2.65. The molecule has 0 aromatic heterocycles. The van der Waals surface area contributed by atoms with E-state index in [1.54, 1.807) is 13.8 Å². The number of halogens is 2. The number of hydrogen-bond donors (Lipinski definition) is 0. The van der Waals surface area contributed by atoms with E-state index in [2.05, 4.69) is 4.36 Å². The topological polar surface area (TPSA) is 66.4 Å². The molecule has 3 aliphatic rings. The summed E-state index contributed by atoms with van der Waals surface area (Å²) in [5.74, 6) is -0.924. The lowest BCUT2D eigenvalue weighted by molar-refractivity contribution is -0.192. The van der Waals surface area contributed by atoms with Crippen LogP contribution in [0, 0.1) is 0 Å².